The van der Waals surface area contributed by atoms with Gasteiger partial charge in [-0.2, -0.15) is 0 Å². The standard InChI is InChI=1S/C14H19F2NO/c1-4-9(2)13(18)14(3,17)8-10-11(15)6-5-7-12(10)16/h5-7,9H,4,8,17H2,1-3H3. The van der Waals surface area contributed by atoms with E-state index in [0.717, 1.165) is 0 Å². The third kappa shape index (κ3) is 3.13. The normalized spacial score (nSPS) is 16.1. The lowest BCUT2D eigenvalue weighted by Crippen LogP contribution is -2.49. The molecule has 2 atom stereocenters. The molecule has 100 valence electrons. The molecule has 1 aromatic carbocycles. The van der Waals surface area contributed by atoms with Crippen LogP contribution >= 0.6 is 0 Å². The maximum Gasteiger partial charge on any atom is 0.155 e. The van der Waals surface area contributed by atoms with E-state index in [1.165, 1.54) is 25.1 Å². The first kappa shape index (κ1) is 14.8. The minimum Gasteiger partial charge on any atom is -0.319 e. The highest BCUT2D eigenvalue weighted by Gasteiger charge is 2.33. The largest absolute Gasteiger partial charge is 0.319 e. The molecule has 1 rings (SSSR count). The number of Topliss-reactive ketones (excluding diaryl/α,β-unsaturated/α-hetero) is 1. The van der Waals surface area contributed by atoms with Crippen molar-refractivity contribution in [3.8, 4) is 0 Å². The molecule has 2 unspecified atom stereocenters. The van der Waals surface area contributed by atoms with Crippen LogP contribution in [0.1, 0.15) is 32.8 Å². The smallest absolute Gasteiger partial charge is 0.155 e. The van der Waals surface area contributed by atoms with Crippen LogP contribution in [0.15, 0.2) is 18.2 Å². The van der Waals surface area contributed by atoms with Gasteiger partial charge < -0.3 is 5.73 Å². The Morgan fingerprint density at radius 2 is 1.89 bits per heavy atom. The van der Waals surface area contributed by atoms with Crippen LogP contribution in [0.2, 0.25) is 0 Å². The number of rotatable bonds is 5. The molecule has 4 heteroatoms. The summed E-state index contributed by atoms with van der Waals surface area (Å²) in [7, 11) is 0. The maximum absolute atomic E-state index is 13.5. The van der Waals surface area contributed by atoms with Crippen molar-refractivity contribution in [2.75, 3.05) is 0 Å². The Morgan fingerprint density at radius 3 is 2.33 bits per heavy atom. The highest BCUT2D eigenvalue weighted by atomic mass is 19.1. The molecule has 0 radical (unpaired) electrons. The Balaban J connectivity index is 2.99. The summed E-state index contributed by atoms with van der Waals surface area (Å²) in [4.78, 5) is 12.1. The first-order valence-corrected chi connectivity index (χ1v) is 6.05. The lowest BCUT2D eigenvalue weighted by atomic mass is 9.83. The number of carbonyl (C=O) groups excluding carboxylic acids is 1. The lowest BCUT2D eigenvalue weighted by molar-refractivity contribution is -0.127. The van der Waals surface area contributed by atoms with Gasteiger partial charge in [0.1, 0.15) is 11.6 Å². The van der Waals surface area contributed by atoms with Gasteiger partial charge in [0.2, 0.25) is 0 Å². The van der Waals surface area contributed by atoms with Gasteiger partial charge >= 0.3 is 0 Å². The van der Waals surface area contributed by atoms with E-state index in [1.54, 1.807) is 6.92 Å². The Kier molecular flexibility index (Phi) is 4.57. The minimum atomic E-state index is -1.25. The summed E-state index contributed by atoms with van der Waals surface area (Å²) in [5.41, 5.74) is 4.55. The summed E-state index contributed by atoms with van der Waals surface area (Å²) in [6.07, 6.45) is 0.528. The number of nitrogens with two attached hydrogens (primary N) is 1. The maximum atomic E-state index is 13.5. The molecule has 0 spiro atoms. The fraction of sp³-hybridized carbons (Fsp3) is 0.500. The third-order valence-electron chi connectivity index (χ3n) is 3.23. The van der Waals surface area contributed by atoms with Gasteiger partial charge in [-0.3, -0.25) is 4.79 Å². The Labute approximate surface area is 106 Å². The quantitative estimate of drug-likeness (QED) is 0.879. The Hall–Kier alpha value is -1.29. The summed E-state index contributed by atoms with van der Waals surface area (Å²) in [5, 5.41) is 0. The van der Waals surface area contributed by atoms with E-state index in [2.05, 4.69) is 0 Å². The van der Waals surface area contributed by atoms with Crippen molar-refractivity contribution in [2.24, 2.45) is 11.7 Å². The Morgan fingerprint density at radius 1 is 1.39 bits per heavy atom. The van der Waals surface area contributed by atoms with Crippen molar-refractivity contribution in [1.82, 2.24) is 0 Å². The van der Waals surface area contributed by atoms with Crippen molar-refractivity contribution in [3.05, 3.63) is 35.4 Å². The highest BCUT2D eigenvalue weighted by Crippen LogP contribution is 2.21. The van der Waals surface area contributed by atoms with Gasteiger partial charge in [-0.05, 0) is 25.5 Å². The second-order valence-corrected chi connectivity index (χ2v) is 4.97. The van der Waals surface area contributed by atoms with Crippen molar-refractivity contribution >= 4 is 5.78 Å². The van der Waals surface area contributed by atoms with Crippen molar-refractivity contribution < 1.29 is 13.6 Å². The van der Waals surface area contributed by atoms with E-state index in [-0.39, 0.29) is 23.7 Å². The molecule has 0 heterocycles. The summed E-state index contributed by atoms with van der Waals surface area (Å²) < 4.78 is 27.0. The molecule has 0 aromatic heterocycles. The number of hydrogen-bond acceptors (Lipinski definition) is 2. The molecule has 0 aliphatic rings. The number of ketones is 1. The van der Waals surface area contributed by atoms with Crippen LogP contribution in [0, 0.1) is 17.6 Å². The SMILES string of the molecule is CCC(C)C(=O)C(C)(N)Cc1c(F)cccc1F. The highest BCUT2D eigenvalue weighted by molar-refractivity contribution is 5.89. The van der Waals surface area contributed by atoms with Crippen molar-refractivity contribution in [3.63, 3.8) is 0 Å². The van der Waals surface area contributed by atoms with E-state index < -0.39 is 17.2 Å². The fourth-order valence-electron chi connectivity index (χ4n) is 1.90. The van der Waals surface area contributed by atoms with Gasteiger partial charge in [0.15, 0.2) is 5.78 Å². The molecular weight excluding hydrogens is 236 g/mol. The number of benzene rings is 1. The third-order valence-corrected chi connectivity index (χ3v) is 3.23. The fourth-order valence-corrected chi connectivity index (χ4v) is 1.90. The van der Waals surface area contributed by atoms with Gasteiger partial charge in [-0.25, -0.2) is 8.78 Å². The molecule has 0 saturated heterocycles. The summed E-state index contributed by atoms with van der Waals surface area (Å²) in [6.45, 7) is 5.17. The zero-order valence-electron chi connectivity index (χ0n) is 11.0. The first-order chi connectivity index (χ1) is 8.29. The van der Waals surface area contributed by atoms with E-state index in [0.29, 0.717) is 6.42 Å². The second kappa shape index (κ2) is 5.57. The van der Waals surface area contributed by atoms with Gasteiger partial charge in [-0.1, -0.05) is 19.9 Å². The lowest BCUT2D eigenvalue weighted by Gasteiger charge is -2.26. The summed E-state index contributed by atoms with van der Waals surface area (Å²) in [6, 6.07) is 3.63. The topological polar surface area (TPSA) is 43.1 Å². The van der Waals surface area contributed by atoms with Gasteiger partial charge in [0, 0.05) is 17.9 Å². The molecule has 2 nitrogen and oxygen atoms in total. The molecule has 0 aliphatic heterocycles. The van der Waals surface area contributed by atoms with E-state index in [1.807, 2.05) is 6.92 Å². The van der Waals surface area contributed by atoms with Gasteiger partial charge in [0.05, 0.1) is 5.54 Å². The molecule has 1 aromatic rings. The second-order valence-electron chi connectivity index (χ2n) is 4.97. The number of hydrogen-bond donors (Lipinski definition) is 1. The zero-order valence-corrected chi connectivity index (χ0v) is 11.0. The predicted octanol–water partition coefficient (Wildman–Crippen LogP) is 2.84. The molecule has 0 amide bonds. The average molecular weight is 255 g/mol. The van der Waals surface area contributed by atoms with E-state index in [4.69, 9.17) is 5.73 Å². The molecule has 0 aliphatic carbocycles. The molecule has 0 bridgehead atoms. The van der Waals surface area contributed by atoms with Crippen molar-refractivity contribution in [2.45, 2.75) is 39.2 Å². The van der Waals surface area contributed by atoms with Gasteiger partial charge in [0.25, 0.3) is 0 Å². The van der Waals surface area contributed by atoms with Crippen molar-refractivity contribution in [1.29, 1.82) is 0 Å². The number of halogens is 2. The van der Waals surface area contributed by atoms with Crippen LogP contribution in [-0.2, 0) is 11.2 Å². The first-order valence-electron chi connectivity index (χ1n) is 6.05. The molecule has 2 N–H and O–H groups in total. The zero-order chi connectivity index (χ0) is 13.9. The monoisotopic (exact) mass is 255 g/mol. The van der Waals surface area contributed by atoms with Gasteiger partial charge in [-0.15, -0.1) is 0 Å². The molecule has 18 heavy (non-hydrogen) atoms. The Bertz CT molecular complexity index is 423. The van der Waals surface area contributed by atoms with Crippen LogP contribution in [0.5, 0.6) is 0 Å². The van der Waals surface area contributed by atoms with Crippen LogP contribution in [0.3, 0.4) is 0 Å². The van der Waals surface area contributed by atoms with E-state index in [9.17, 15) is 13.6 Å². The average Bonchev–Trinajstić information content (AvgIpc) is 2.32. The van der Waals surface area contributed by atoms with Crippen LogP contribution in [0.4, 0.5) is 8.78 Å². The summed E-state index contributed by atoms with van der Waals surface area (Å²) >= 11 is 0. The summed E-state index contributed by atoms with van der Waals surface area (Å²) in [5.74, 6) is -1.71. The van der Waals surface area contributed by atoms with Crippen LogP contribution in [0.25, 0.3) is 0 Å². The van der Waals surface area contributed by atoms with E-state index >= 15 is 0 Å². The molecular formula is C14H19F2NO. The van der Waals surface area contributed by atoms with Crippen LogP contribution in [-0.4, -0.2) is 11.3 Å². The number of carbonyl (C=O) groups is 1. The molecule has 0 saturated carbocycles. The predicted molar refractivity (Wildman–Crippen MR) is 67.1 cm³/mol. The minimum absolute atomic E-state index is 0.126. The van der Waals surface area contributed by atoms with Crippen LogP contribution < -0.4 is 5.73 Å². The molecule has 0 fully saturated rings.